The number of hydrogen-bond donors (Lipinski definition) is 0. The van der Waals surface area contributed by atoms with Gasteiger partial charge in [0.05, 0.1) is 22.4 Å². The molecule has 0 aromatic heterocycles. The molecule has 4 aromatic carbocycles. The Balaban J connectivity index is 1.30. The fourth-order valence-corrected chi connectivity index (χ4v) is 6.98. The Morgan fingerprint density at radius 1 is 0.730 bits per heavy atom. The van der Waals surface area contributed by atoms with E-state index in [1.54, 1.807) is 24.3 Å². The number of anilines is 1. The standard InChI is InChI=1S/C31H22N2O4/c1-31-24-8-4-2-6-22(24)26(23-7-3-5-9-25(23)31)27-28(31)30(35)32(29(27)34)20-14-10-18(11-15-20)19-12-16-21(17-13-19)33(36)37/h2-17,26-28H,1H3/t26?,27-,28+,31?/m1/s1. The molecule has 2 atom stereocenters. The Morgan fingerprint density at radius 3 is 1.78 bits per heavy atom. The van der Waals surface area contributed by atoms with Crippen LogP contribution < -0.4 is 4.90 Å². The fourth-order valence-electron chi connectivity index (χ4n) is 6.98. The molecule has 0 spiro atoms. The monoisotopic (exact) mass is 486 g/mol. The number of nitro groups is 1. The van der Waals surface area contributed by atoms with E-state index in [-0.39, 0.29) is 23.4 Å². The summed E-state index contributed by atoms with van der Waals surface area (Å²) in [5.74, 6) is -1.38. The molecule has 4 aromatic rings. The van der Waals surface area contributed by atoms with Crippen LogP contribution in [0.4, 0.5) is 11.4 Å². The lowest BCUT2D eigenvalue weighted by atomic mass is 9.48. The van der Waals surface area contributed by atoms with Gasteiger partial charge in [-0.2, -0.15) is 0 Å². The molecule has 6 heteroatoms. The second-order valence-electron chi connectivity index (χ2n) is 10.2. The summed E-state index contributed by atoms with van der Waals surface area (Å²) in [5.41, 5.74) is 6.21. The molecule has 1 fully saturated rings. The van der Waals surface area contributed by atoms with Crippen LogP contribution in [0.1, 0.15) is 35.1 Å². The van der Waals surface area contributed by atoms with Crippen molar-refractivity contribution in [2.75, 3.05) is 4.90 Å². The highest BCUT2D eigenvalue weighted by atomic mass is 16.6. The van der Waals surface area contributed by atoms with Gasteiger partial charge in [-0.05, 0) is 57.6 Å². The molecule has 0 unspecified atom stereocenters. The van der Waals surface area contributed by atoms with Crippen LogP contribution >= 0.6 is 0 Å². The van der Waals surface area contributed by atoms with Gasteiger partial charge in [0.1, 0.15) is 0 Å². The van der Waals surface area contributed by atoms with E-state index < -0.39 is 22.2 Å². The minimum atomic E-state index is -0.590. The van der Waals surface area contributed by atoms with Crippen LogP contribution in [-0.2, 0) is 15.0 Å². The lowest BCUT2D eigenvalue weighted by Gasteiger charge is -2.52. The van der Waals surface area contributed by atoms with Gasteiger partial charge < -0.3 is 0 Å². The van der Waals surface area contributed by atoms with E-state index in [0.717, 1.165) is 33.4 Å². The number of rotatable bonds is 3. The lowest BCUT2D eigenvalue weighted by Crippen LogP contribution is -2.51. The summed E-state index contributed by atoms with van der Waals surface area (Å²) in [6, 6.07) is 30.0. The third-order valence-corrected chi connectivity index (χ3v) is 8.58. The SMILES string of the molecule is CC12c3ccccc3C(c3ccccc31)[C@H]1C(=O)N(c3ccc(-c4ccc([N+](=O)[O-])cc4)cc3)C(=O)[C@H]12. The molecule has 37 heavy (non-hydrogen) atoms. The van der Waals surface area contributed by atoms with E-state index >= 15 is 0 Å². The van der Waals surface area contributed by atoms with Crippen molar-refractivity contribution in [3.05, 3.63) is 129 Å². The predicted molar refractivity (Wildman–Crippen MR) is 139 cm³/mol. The average Bonchev–Trinajstić information content (AvgIpc) is 3.20. The van der Waals surface area contributed by atoms with Crippen LogP contribution in [0.3, 0.4) is 0 Å². The summed E-state index contributed by atoms with van der Waals surface area (Å²) in [6.45, 7) is 2.12. The van der Waals surface area contributed by atoms with E-state index in [1.165, 1.54) is 17.0 Å². The first kappa shape index (κ1) is 21.7. The van der Waals surface area contributed by atoms with E-state index in [2.05, 4.69) is 31.2 Å². The van der Waals surface area contributed by atoms with Crippen molar-refractivity contribution in [1.82, 2.24) is 0 Å². The third kappa shape index (κ3) is 2.75. The summed E-state index contributed by atoms with van der Waals surface area (Å²) in [6.07, 6.45) is 0. The largest absolute Gasteiger partial charge is 0.274 e. The molecule has 1 saturated heterocycles. The van der Waals surface area contributed by atoms with Gasteiger partial charge in [-0.3, -0.25) is 19.7 Å². The Hall–Kier alpha value is -4.58. The number of nitrogens with zero attached hydrogens (tertiary/aromatic N) is 2. The Morgan fingerprint density at radius 2 is 1.24 bits per heavy atom. The number of carbonyl (C=O) groups excluding carboxylic acids is 2. The van der Waals surface area contributed by atoms with Crippen LogP contribution in [0.15, 0.2) is 97.1 Å². The number of imide groups is 1. The molecule has 6 nitrogen and oxygen atoms in total. The number of hydrogen-bond acceptors (Lipinski definition) is 4. The Labute approximate surface area is 213 Å². The number of nitro benzene ring substituents is 1. The van der Waals surface area contributed by atoms with E-state index in [0.29, 0.717) is 5.69 Å². The van der Waals surface area contributed by atoms with Gasteiger partial charge in [-0.25, -0.2) is 4.90 Å². The topological polar surface area (TPSA) is 80.5 Å². The third-order valence-electron chi connectivity index (χ3n) is 8.58. The van der Waals surface area contributed by atoms with Crippen molar-refractivity contribution in [3.63, 3.8) is 0 Å². The van der Waals surface area contributed by atoms with Gasteiger partial charge in [0.2, 0.25) is 11.8 Å². The zero-order valence-electron chi connectivity index (χ0n) is 20.0. The highest BCUT2D eigenvalue weighted by molar-refractivity contribution is 6.23. The maximum absolute atomic E-state index is 14.1. The van der Waals surface area contributed by atoms with Crippen LogP contribution in [-0.4, -0.2) is 16.7 Å². The van der Waals surface area contributed by atoms with Crippen LogP contribution in [0.2, 0.25) is 0 Å². The number of carbonyl (C=O) groups is 2. The second-order valence-corrected chi connectivity index (χ2v) is 10.2. The van der Waals surface area contributed by atoms with E-state index in [9.17, 15) is 19.7 Å². The van der Waals surface area contributed by atoms with Crippen molar-refractivity contribution < 1.29 is 14.5 Å². The normalized spacial score (nSPS) is 25.0. The molecule has 0 radical (unpaired) electrons. The Bertz CT molecular complexity index is 1580. The molecule has 2 bridgehead atoms. The number of benzene rings is 4. The first-order valence-electron chi connectivity index (χ1n) is 12.3. The van der Waals surface area contributed by atoms with Gasteiger partial charge in [-0.15, -0.1) is 0 Å². The number of non-ortho nitro benzene ring substituents is 1. The maximum Gasteiger partial charge on any atom is 0.269 e. The van der Waals surface area contributed by atoms with Crippen molar-refractivity contribution in [3.8, 4) is 11.1 Å². The predicted octanol–water partition coefficient (Wildman–Crippen LogP) is 5.83. The van der Waals surface area contributed by atoms with Gasteiger partial charge in [0.15, 0.2) is 0 Å². The fraction of sp³-hybridized carbons (Fsp3) is 0.161. The average molecular weight is 487 g/mol. The van der Waals surface area contributed by atoms with Gasteiger partial charge in [0.25, 0.3) is 5.69 Å². The zero-order valence-corrected chi connectivity index (χ0v) is 20.0. The summed E-state index contributed by atoms with van der Waals surface area (Å²) in [4.78, 5) is 40.0. The first-order valence-corrected chi connectivity index (χ1v) is 12.3. The van der Waals surface area contributed by atoms with Gasteiger partial charge in [-0.1, -0.05) is 67.6 Å². The smallest absolute Gasteiger partial charge is 0.269 e. The molecule has 0 N–H and O–H groups in total. The highest BCUT2D eigenvalue weighted by Crippen LogP contribution is 2.64. The molecule has 3 aliphatic carbocycles. The lowest BCUT2D eigenvalue weighted by molar-refractivity contribution is -0.384. The summed E-state index contributed by atoms with van der Waals surface area (Å²) in [5, 5.41) is 11.0. The van der Waals surface area contributed by atoms with Crippen molar-refractivity contribution in [2.45, 2.75) is 18.3 Å². The summed E-state index contributed by atoms with van der Waals surface area (Å²) >= 11 is 0. The quantitative estimate of drug-likeness (QED) is 0.207. The van der Waals surface area contributed by atoms with E-state index in [1.807, 2.05) is 36.4 Å². The second kappa shape index (κ2) is 7.46. The molecule has 2 amide bonds. The molecule has 180 valence electrons. The molecular weight excluding hydrogens is 464 g/mol. The minimum Gasteiger partial charge on any atom is -0.274 e. The number of amides is 2. The molecular formula is C31H22N2O4. The Kier molecular flexibility index (Phi) is 4.37. The van der Waals surface area contributed by atoms with Crippen molar-refractivity contribution >= 4 is 23.2 Å². The van der Waals surface area contributed by atoms with Crippen molar-refractivity contribution in [1.29, 1.82) is 0 Å². The summed E-state index contributed by atoms with van der Waals surface area (Å²) < 4.78 is 0. The van der Waals surface area contributed by atoms with Crippen LogP contribution in [0.5, 0.6) is 0 Å². The van der Waals surface area contributed by atoms with Crippen LogP contribution in [0.25, 0.3) is 11.1 Å². The van der Waals surface area contributed by atoms with Gasteiger partial charge in [0, 0.05) is 23.5 Å². The molecule has 1 aliphatic heterocycles. The highest BCUT2D eigenvalue weighted by Gasteiger charge is 2.66. The first-order chi connectivity index (χ1) is 17.9. The van der Waals surface area contributed by atoms with Crippen LogP contribution in [0, 0.1) is 22.0 Å². The van der Waals surface area contributed by atoms with Crippen molar-refractivity contribution in [2.24, 2.45) is 11.8 Å². The van der Waals surface area contributed by atoms with E-state index in [4.69, 9.17) is 0 Å². The summed E-state index contributed by atoms with van der Waals surface area (Å²) in [7, 11) is 0. The molecule has 8 rings (SSSR count). The zero-order chi connectivity index (χ0) is 25.5. The maximum atomic E-state index is 14.1. The van der Waals surface area contributed by atoms with Gasteiger partial charge >= 0.3 is 0 Å². The molecule has 0 saturated carbocycles. The molecule has 1 heterocycles. The minimum absolute atomic E-state index is 0.0290. The molecule has 4 aliphatic rings.